The van der Waals surface area contributed by atoms with E-state index in [4.69, 9.17) is 10.00 Å². The fraction of sp³-hybridized carbons (Fsp3) is 0.462. The fourth-order valence-corrected chi connectivity index (χ4v) is 1.92. The molecule has 110 valence electrons. The molecule has 6 nitrogen and oxygen atoms in total. The molecule has 1 atom stereocenters. The van der Waals surface area contributed by atoms with Gasteiger partial charge in [-0.25, -0.2) is 8.42 Å². The van der Waals surface area contributed by atoms with Crippen LogP contribution >= 0.6 is 0 Å². The Morgan fingerprint density at radius 1 is 1.40 bits per heavy atom. The molecule has 1 aromatic carbocycles. The first kappa shape index (κ1) is 16.4. The zero-order chi connectivity index (χ0) is 15.0. The third kappa shape index (κ3) is 7.09. The number of aliphatic hydroxyl groups excluding tert-OH is 1. The Kier molecular flexibility index (Phi) is 6.45. The van der Waals surface area contributed by atoms with Gasteiger partial charge in [0, 0.05) is 19.3 Å². The molecule has 0 radical (unpaired) electrons. The van der Waals surface area contributed by atoms with Gasteiger partial charge in [-0.1, -0.05) is 0 Å². The minimum absolute atomic E-state index is 0.0379. The number of sulfone groups is 1. The van der Waals surface area contributed by atoms with E-state index in [1.165, 1.54) is 6.26 Å². The Morgan fingerprint density at radius 3 is 2.60 bits per heavy atom. The predicted octanol–water partition coefficient (Wildman–Crippen LogP) is -0.0678. The van der Waals surface area contributed by atoms with E-state index in [1.54, 1.807) is 24.3 Å². The minimum Gasteiger partial charge on any atom is -0.491 e. The average molecular weight is 298 g/mol. The van der Waals surface area contributed by atoms with Crippen LogP contribution in [-0.2, 0) is 9.84 Å². The molecule has 1 rings (SSSR count). The molecule has 0 fully saturated rings. The lowest BCUT2D eigenvalue weighted by molar-refractivity contribution is 0.107. The molecule has 1 aromatic rings. The Labute approximate surface area is 118 Å². The molecular formula is C13H18N2O4S. The molecule has 0 aliphatic heterocycles. The number of hydrogen-bond acceptors (Lipinski definition) is 6. The highest BCUT2D eigenvalue weighted by Crippen LogP contribution is 2.11. The molecule has 1 unspecified atom stereocenters. The predicted molar refractivity (Wildman–Crippen MR) is 75.2 cm³/mol. The van der Waals surface area contributed by atoms with E-state index in [-0.39, 0.29) is 18.9 Å². The Morgan fingerprint density at radius 2 is 2.05 bits per heavy atom. The van der Waals surface area contributed by atoms with E-state index >= 15 is 0 Å². The zero-order valence-corrected chi connectivity index (χ0v) is 12.1. The van der Waals surface area contributed by atoms with Gasteiger partial charge in [0.2, 0.25) is 0 Å². The lowest BCUT2D eigenvalue weighted by atomic mass is 10.2. The number of rotatable bonds is 8. The number of hydrogen-bond donors (Lipinski definition) is 2. The number of nitriles is 1. The quantitative estimate of drug-likeness (QED) is 0.652. The zero-order valence-electron chi connectivity index (χ0n) is 11.2. The van der Waals surface area contributed by atoms with Crippen LogP contribution in [0.25, 0.3) is 0 Å². The maximum absolute atomic E-state index is 10.9. The Balaban J connectivity index is 2.22. The minimum atomic E-state index is -2.99. The van der Waals surface area contributed by atoms with Crippen molar-refractivity contribution in [2.75, 3.05) is 31.7 Å². The lowest BCUT2D eigenvalue weighted by Crippen LogP contribution is -2.34. The van der Waals surface area contributed by atoms with Gasteiger partial charge in [-0.3, -0.25) is 0 Å². The van der Waals surface area contributed by atoms with Gasteiger partial charge in [0.05, 0.1) is 17.4 Å². The highest BCUT2D eigenvalue weighted by Gasteiger charge is 2.06. The molecule has 0 spiro atoms. The van der Waals surface area contributed by atoms with Crippen LogP contribution in [0.15, 0.2) is 24.3 Å². The van der Waals surface area contributed by atoms with Crippen molar-refractivity contribution in [3.63, 3.8) is 0 Å². The number of ether oxygens (including phenoxy) is 1. The summed E-state index contributed by atoms with van der Waals surface area (Å²) < 4.78 is 27.1. The second-order valence-corrected chi connectivity index (χ2v) is 6.69. The van der Waals surface area contributed by atoms with Gasteiger partial charge in [0.15, 0.2) is 0 Å². The maximum Gasteiger partial charge on any atom is 0.148 e. The number of nitrogens with zero attached hydrogens (tertiary/aromatic N) is 1. The molecule has 0 aromatic heterocycles. The van der Waals surface area contributed by atoms with Crippen molar-refractivity contribution >= 4 is 9.84 Å². The highest BCUT2D eigenvalue weighted by atomic mass is 32.2. The lowest BCUT2D eigenvalue weighted by Gasteiger charge is -2.13. The number of nitrogens with one attached hydrogen (secondary N) is 1. The van der Waals surface area contributed by atoms with Crippen LogP contribution in [0.1, 0.15) is 5.56 Å². The summed E-state index contributed by atoms with van der Waals surface area (Å²) in [5.74, 6) is 0.607. The van der Waals surface area contributed by atoms with Gasteiger partial charge in [0.1, 0.15) is 28.3 Å². The van der Waals surface area contributed by atoms with E-state index in [0.29, 0.717) is 17.9 Å². The van der Waals surface area contributed by atoms with E-state index in [0.717, 1.165) is 0 Å². The monoisotopic (exact) mass is 298 g/mol. The standard InChI is InChI=1S/C13H18N2O4S/c1-20(17,18)7-6-15-9-12(16)10-19-13-4-2-11(8-14)3-5-13/h2-5,12,15-16H,6-7,9-10H2,1H3. The first-order chi connectivity index (χ1) is 9.40. The molecule has 0 aliphatic carbocycles. The largest absolute Gasteiger partial charge is 0.491 e. The van der Waals surface area contributed by atoms with Gasteiger partial charge >= 0.3 is 0 Å². The van der Waals surface area contributed by atoms with E-state index in [2.05, 4.69) is 5.32 Å². The summed E-state index contributed by atoms with van der Waals surface area (Å²) in [6, 6.07) is 8.57. The topological polar surface area (TPSA) is 99.4 Å². The molecule has 0 saturated heterocycles. The van der Waals surface area contributed by atoms with Crippen molar-refractivity contribution in [2.24, 2.45) is 0 Å². The molecule has 0 amide bonds. The van der Waals surface area contributed by atoms with Gasteiger partial charge in [-0.2, -0.15) is 5.26 Å². The van der Waals surface area contributed by atoms with Crippen molar-refractivity contribution in [1.82, 2.24) is 5.32 Å². The number of benzene rings is 1. The van der Waals surface area contributed by atoms with Crippen LogP contribution in [0, 0.1) is 11.3 Å². The summed E-state index contributed by atoms with van der Waals surface area (Å²) in [5, 5.41) is 21.1. The molecular weight excluding hydrogens is 280 g/mol. The smallest absolute Gasteiger partial charge is 0.148 e. The molecule has 20 heavy (non-hydrogen) atoms. The average Bonchev–Trinajstić information content (AvgIpc) is 2.41. The second-order valence-electron chi connectivity index (χ2n) is 4.44. The number of aliphatic hydroxyl groups is 1. The van der Waals surface area contributed by atoms with Gasteiger partial charge in [-0.05, 0) is 24.3 Å². The van der Waals surface area contributed by atoms with Crippen molar-refractivity contribution in [3.8, 4) is 11.8 Å². The first-order valence-corrected chi connectivity index (χ1v) is 8.16. The van der Waals surface area contributed by atoms with E-state index in [1.807, 2.05) is 6.07 Å². The van der Waals surface area contributed by atoms with Crippen molar-refractivity contribution in [3.05, 3.63) is 29.8 Å². The van der Waals surface area contributed by atoms with Crippen LogP contribution < -0.4 is 10.1 Å². The Bertz CT molecular complexity index is 549. The highest BCUT2D eigenvalue weighted by molar-refractivity contribution is 7.90. The molecule has 0 saturated carbocycles. The van der Waals surface area contributed by atoms with Crippen molar-refractivity contribution < 1.29 is 18.3 Å². The van der Waals surface area contributed by atoms with Crippen LogP contribution in [0.5, 0.6) is 5.75 Å². The van der Waals surface area contributed by atoms with Crippen LogP contribution in [0.3, 0.4) is 0 Å². The normalized spacial score (nSPS) is 12.7. The van der Waals surface area contributed by atoms with Crippen LogP contribution in [-0.4, -0.2) is 51.3 Å². The van der Waals surface area contributed by atoms with Gasteiger partial charge < -0.3 is 15.2 Å². The van der Waals surface area contributed by atoms with E-state index in [9.17, 15) is 13.5 Å². The third-order valence-electron chi connectivity index (χ3n) is 2.46. The molecule has 2 N–H and O–H groups in total. The van der Waals surface area contributed by atoms with Gasteiger partial charge in [-0.15, -0.1) is 0 Å². The first-order valence-electron chi connectivity index (χ1n) is 6.10. The van der Waals surface area contributed by atoms with Crippen LogP contribution in [0.4, 0.5) is 0 Å². The SMILES string of the molecule is CS(=O)(=O)CCNCC(O)COc1ccc(C#N)cc1. The molecule has 0 bridgehead atoms. The van der Waals surface area contributed by atoms with Gasteiger partial charge in [0.25, 0.3) is 0 Å². The maximum atomic E-state index is 10.9. The summed E-state index contributed by atoms with van der Waals surface area (Å²) >= 11 is 0. The molecule has 0 heterocycles. The summed E-state index contributed by atoms with van der Waals surface area (Å²) in [6.07, 6.45) is 0.434. The summed E-state index contributed by atoms with van der Waals surface area (Å²) in [6.45, 7) is 0.649. The van der Waals surface area contributed by atoms with Crippen LogP contribution in [0.2, 0.25) is 0 Å². The molecule has 7 heteroatoms. The second kappa shape index (κ2) is 7.85. The summed E-state index contributed by atoms with van der Waals surface area (Å²) in [5.41, 5.74) is 0.542. The summed E-state index contributed by atoms with van der Waals surface area (Å²) in [7, 11) is -2.99. The fourth-order valence-electron chi connectivity index (χ4n) is 1.40. The summed E-state index contributed by atoms with van der Waals surface area (Å²) in [4.78, 5) is 0. The van der Waals surface area contributed by atoms with E-state index < -0.39 is 15.9 Å². The Hall–Kier alpha value is -1.62. The molecule has 0 aliphatic rings. The van der Waals surface area contributed by atoms with Crippen molar-refractivity contribution in [2.45, 2.75) is 6.10 Å². The third-order valence-corrected chi connectivity index (χ3v) is 3.40. The van der Waals surface area contributed by atoms with Crippen molar-refractivity contribution in [1.29, 1.82) is 5.26 Å².